The predicted molar refractivity (Wildman–Crippen MR) is 109 cm³/mol. The van der Waals surface area contributed by atoms with Crippen LogP contribution in [0, 0.1) is 5.92 Å². The molecule has 0 bridgehead atoms. The molecule has 0 aromatic heterocycles. The molecule has 0 saturated carbocycles. The molecule has 2 aromatic carbocycles. The van der Waals surface area contributed by atoms with Gasteiger partial charge in [0, 0.05) is 5.02 Å². The van der Waals surface area contributed by atoms with Gasteiger partial charge >= 0.3 is 5.97 Å². The van der Waals surface area contributed by atoms with Gasteiger partial charge in [-0.3, -0.25) is 9.59 Å². The zero-order valence-corrected chi connectivity index (χ0v) is 17.4. The molecule has 0 spiro atoms. The normalized spacial score (nSPS) is 14.4. The van der Waals surface area contributed by atoms with Crippen LogP contribution in [0.3, 0.4) is 0 Å². The highest BCUT2D eigenvalue weighted by Crippen LogP contribution is 2.34. The molecule has 2 atom stereocenters. The Kier molecular flexibility index (Phi) is 6.64. The minimum atomic E-state index is -0.466. The van der Waals surface area contributed by atoms with Crippen LogP contribution in [0.4, 0.5) is 0 Å². The Morgan fingerprint density at radius 1 is 1.03 bits per heavy atom. The van der Waals surface area contributed by atoms with Gasteiger partial charge in [-0.1, -0.05) is 43.6 Å². The highest BCUT2D eigenvalue weighted by Gasteiger charge is 2.26. The first kappa shape index (κ1) is 21.0. The average Bonchev–Trinajstić information content (AvgIpc) is 3.15. The lowest BCUT2D eigenvalue weighted by molar-refractivity contribution is -0.151. The second-order valence-corrected chi connectivity index (χ2v) is 7.72. The van der Waals surface area contributed by atoms with E-state index in [1.54, 1.807) is 30.3 Å². The molecule has 1 N–H and O–H groups in total. The number of hydrogen-bond acceptors (Lipinski definition) is 5. The number of rotatable bonds is 7. The van der Waals surface area contributed by atoms with Crippen LogP contribution in [0.1, 0.15) is 43.9 Å². The molecule has 0 unspecified atom stereocenters. The topological polar surface area (TPSA) is 73.9 Å². The van der Waals surface area contributed by atoms with Crippen molar-refractivity contribution in [1.82, 2.24) is 5.32 Å². The van der Waals surface area contributed by atoms with E-state index in [0.717, 1.165) is 11.1 Å². The second-order valence-electron chi connectivity index (χ2n) is 7.28. The molecule has 0 fully saturated rings. The average molecular weight is 418 g/mol. The third kappa shape index (κ3) is 5.21. The number of carbonyl (C=O) groups is 2. The van der Waals surface area contributed by atoms with Crippen LogP contribution in [0.2, 0.25) is 5.02 Å². The van der Waals surface area contributed by atoms with Crippen molar-refractivity contribution >= 4 is 23.5 Å². The van der Waals surface area contributed by atoms with E-state index in [1.807, 2.05) is 32.9 Å². The number of fused-ring (bicyclic) bond motifs is 1. The van der Waals surface area contributed by atoms with Crippen molar-refractivity contribution in [2.24, 2.45) is 5.92 Å². The molecule has 0 saturated heterocycles. The summed E-state index contributed by atoms with van der Waals surface area (Å²) in [4.78, 5) is 24.9. The minimum absolute atomic E-state index is 0.0132. The Labute approximate surface area is 175 Å². The summed E-state index contributed by atoms with van der Waals surface area (Å²) in [6, 6.07) is 12.3. The third-order valence-electron chi connectivity index (χ3n) is 4.77. The minimum Gasteiger partial charge on any atom is -0.455 e. The van der Waals surface area contributed by atoms with Crippen molar-refractivity contribution in [3.8, 4) is 11.5 Å². The zero-order valence-electron chi connectivity index (χ0n) is 16.6. The number of amides is 1. The van der Waals surface area contributed by atoms with E-state index < -0.39 is 11.9 Å². The van der Waals surface area contributed by atoms with E-state index in [2.05, 4.69) is 5.32 Å². The van der Waals surface area contributed by atoms with E-state index in [9.17, 15) is 9.59 Å². The van der Waals surface area contributed by atoms with E-state index in [-0.39, 0.29) is 31.3 Å². The van der Waals surface area contributed by atoms with Crippen LogP contribution in [-0.4, -0.2) is 25.3 Å². The Morgan fingerprint density at radius 2 is 1.69 bits per heavy atom. The van der Waals surface area contributed by atoms with Gasteiger partial charge in [-0.05, 0) is 48.2 Å². The lowest BCUT2D eigenvalue weighted by atomic mass is 9.88. The maximum Gasteiger partial charge on any atom is 0.314 e. The first-order valence-electron chi connectivity index (χ1n) is 9.46. The number of carbonyl (C=O) groups excluding carboxylic acids is 2. The lowest BCUT2D eigenvalue weighted by Crippen LogP contribution is -2.32. The summed E-state index contributed by atoms with van der Waals surface area (Å²) < 4.78 is 15.9. The SMILES string of the molecule is CC(C)[C@@H](C(=O)OCC(=O)N[C@@H](C)c1ccc2c(c1)OCO2)c1ccc(Cl)cc1. The molecule has 0 radical (unpaired) electrons. The monoisotopic (exact) mass is 417 g/mol. The predicted octanol–water partition coefficient (Wildman–Crippen LogP) is 4.23. The fourth-order valence-electron chi connectivity index (χ4n) is 3.24. The summed E-state index contributed by atoms with van der Waals surface area (Å²) in [5.41, 5.74) is 1.68. The number of nitrogens with one attached hydrogen (secondary N) is 1. The van der Waals surface area contributed by atoms with E-state index in [0.29, 0.717) is 16.5 Å². The molecule has 7 heteroatoms. The quantitative estimate of drug-likeness (QED) is 0.682. The molecule has 1 amide bonds. The van der Waals surface area contributed by atoms with Crippen molar-refractivity contribution in [1.29, 1.82) is 0 Å². The van der Waals surface area contributed by atoms with Gasteiger partial charge in [-0.25, -0.2) is 0 Å². The van der Waals surface area contributed by atoms with E-state index in [4.69, 9.17) is 25.8 Å². The lowest BCUT2D eigenvalue weighted by Gasteiger charge is -2.20. The number of hydrogen-bond donors (Lipinski definition) is 1. The van der Waals surface area contributed by atoms with E-state index >= 15 is 0 Å². The van der Waals surface area contributed by atoms with Gasteiger partial charge < -0.3 is 19.5 Å². The second kappa shape index (κ2) is 9.18. The third-order valence-corrected chi connectivity index (χ3v) is 5.02. The molecule has 1 heterocycles. The van der Waals surface area contributed by atoms with Gasteiger partial charge in [0.05, 0.1) is 12.0 Å². The fourth-order valence-corrected chi connectivity index (χ4v) is 3.36. The van der Waals surface area contributed by atoms with Gasteiger partial charge in [-0.2, -0.15) is 0 Å². The van der Waals surface area contributed by atoms with Gasteiger partial charge in [0.1, 0.15) is 0 Å². The van der Waals surface area contributed by atoms with Gasteiger partial charge in [0.15, 0.2) is 18.1 Å². The maximum atomic E-state index is 12.6. The summed E-state index contributed by atoms with van der Waals surface area (Å²) in [6.07, 6.45) is 0. The first-order chi connectivity index (χ1) is 13.8. The van der Waals surface area contributed by atoms with Crippen molar-refractivity contribution in [3.05, 3.63) is 58.6 Å². The standard InChI is InChI=1S/C22H24ClNO5/c1-13(2)21(15-4-7-17(23)8-5-15)22(26)27-11-20(25)24-14(3)16-6-9-18-19(10-16)29-12-28-18/h4-10,13-14,21H,11-12H2,1-3H3,(H,24,25)/t14-,21+/m0/s1. The largest absolute Gasteiger partial charge is 0.455 e. The first-order valence-corrected chi connectivity index (χ1v) is 9.84. The summed E-state index contributed by atoms with van der Waals surface area (Å²) in [7, 11) is 0. The molecule has 1 aliphatic heterocycles. The molecule has 3 rings (SSSR count). The number of esters is 1. The Morgan fingerprint density at radius 3 is 2.38 bits per heavy atom. The highest BCUT2D eigenvalue weighted by molar-refractivity contribution is 6.30. The Bertz CT molecular complexity index is 881. The summed E-state index contributed by atoms with van der Waals surface area (Å²) >= 11 is 5.92. The smallest absolute Gasteiger partial charge is 0.314 e. The van der Waals surface area contributed by atoms with Crippen LogP contribution in [0.5, 0.6) is 11.5 Å². The van der Waals surface area contributed by atoms with Crippen LogP contribution in [-0.2, 0) is 14.3 Å². The number of ether oxygens (including phenoxy) is 3. The molecule has 1 aliphatic rings. The van der Waals surface area contributed by atoms with Crippen molar-refractivity contribution in [3.63, 3.8) is 0 Å². The van der Waals surface area contributed by atoms with Gasteiger partial charge in [0.25, 0.3) is 5.91 Å². The summed E-state index contributed by atoms with van der Waals surface area (Å²) in [5.74, 6) is 0.0712. The summed E-state index contributed by atoms with van der Waals surface area (Å²) in [6.45, 7) is 5.57. The van der Waals surface area contributed by atoms with Crippen LogP contribution < -0.4 is 14.8 Å². The zero-order chi connectivity index (χ0) is 21.0. The number of benzene rings is 2. The van der Waals surface area contributed by atoms with Gasteiger partial charge in [0.2, 0.25) is 6.79 Å². The Hall–Kier alpha value is -2.73. The molecule has 29 heavy (non-hydrogen) atoms. The molecule has 154 valence electrons. The van der Waals surface area contributed by atoms with Crippen molar-refractivity contribution < 1.29 is 23.8 Å². The van der Waals surface area contributed by atoms with Crippen molar-refractivity contribution in [2.75, 3.05) is 13.4 Å². The summed E-state index contributed by atoms with van der Waals surface area (Å²) in [5, 5.41) is 3.43. The van der Waals surface area contributed by atoms with Gasteiger partial charge in [-0.15, -0.1) is 0 Å². The van der Waals surface area contributed by atoms with Crippen LogP contribution in [0.15, 0.2) is 42.5 Å². The van der Waals surface area contributed by atoms with Crippen molar-refractivity contribution in [2.45, 2.75) is 32.7 Å². The molecular weight excluding hydrogens is 394 g/mol. The maximum absolute atomic E-state index is 12.6. The Balaban J connectivity index is 1.56. The van der Waals surface area contributed by atoms with Crippen LogP contribution >= 0.6 is 11.6 Å². The molecule has 6 nitrogen and oxygen atoms in total. The molecule has 0 aliphatic carbocycles. The van der Waals surface area contributed by atoms with E-state index in [1.165, 1.54) is 0 Å². The molecular formula is C22H24ClNO5. The highest BCUT2D eigenvalue weighted by atomic mass is 35.5. The number of halogens is 1. The molecule has 2 aromatic rings. The van der Waals surface area contributed by atoms with Crippen LogP contribution in [0.25, 0.3) is 0 Å². The fraction of sp³-hybridized carbons (Fsp3) is 0.364.